The van der Waals surface area contributed by atoms with Crippen LogP contribution in [0.25, 0.3) is 0 Å². The standard InChI is InChI=1S/C16H18OS/c1-16(2,3)12-7-9-14(10-8-12)18-15-6-4-5-13(17)11-15/h4-11,17H,1-3H3. The lowest BCUT2D eigenvalue weighted by atomic mass is 9.87. The molecule has 0 fully saturated rings. The molecular weight excluding hydrogens is 240 g/mol. The van der Waals surface area contributed by atoms with Gasteiger partial charge in [0.05, 0.1) is 0 Å². The van der Waals surface area contributed by atoms with E-state index in [1.807, 2.05) is 12.1 Å². The Hall–Kier alpha value is -1.41. The molecule has 2 heteroatoms. The summed E-state index contributed by atoms with van der Waals surface area (Å²) in [7, 11) is 0. The third kappa shape index (κ3) is 3.30. The minimum atomic E-state index is 0.189. The predicted molar refractivity (Wildman–Crippen MR) is 77.4 cm³/mol. The van der Waals surface area contributed by atoms with Crippen molar-refractivity contribution in [2.45, 2.75) is 36.0 Å². The second kappa shape index (κ2) is 5.07. The molecule has 0 unspecified atom stereocenters. The molecule has 0 aliphatic carbocycles. The zero-order chi connectivity index (χ0) is 13.2. The van der Waals surface area contributed by atoms with Crippen LogP contribution in [-0.4, -0.2) is 5.11 Å². The van der Waals surface area contributed by atoms with E-state index in [0.29, 0.717) is 5.75 Å². The summed E-state index contributed by atoms with van der Waals surface area (Å²) in [6.45, 7) is 6.64. The number of rotatable bonds is 2. The lowest BCUT2D eigenvalue weighted by Gasteiger charge is -2.19. The largest absolute Gasteiger partial charge is 0.508 e. The van der Waals surface area contributed by atoms with Crippen molar-refractivity contribution in [3.05, 3.63) is 54.1 Å². The van der Waals surface area contributed by atoms with Gasteiger partial charge in [-0.15, -0.1) is 0 Å². The Kier molecular flexibility index (Phi) is 3.67. The van der Waals surface area contributed by atoms with Gasteiger partial charge in [-0.2, -0.15) is 0 Å². The molecule has 0 atom stereocenters. The van der Waals surface area contributed by atoms with Gasteiger partial charge in [0.15, 0.2) is 0 Å². The molecule has 0 aliphatic heterocycles. The van der Waals surface area contributed by atoms with E-state index in [4.69, 9.17) is 0 Å². The summed E-state index contributed by atoms with van der Waals surface area (Å²) in [4.78, 5) is 2.24. The molecule has 18 heavy (non-hydrogen) atoms. The van der Waals surface area contributed by atoms with Gasteiger partial charge in [0.25, 0.3) is 0 Å². The SMILES string of the molecule is CC(C)(C)c1ccc(Sc2cccc(O)c2)cc1. The van der Waals surface area contributed by atoms with Crippen LogP contribution in [-0.2, 0) is 5.41 Å². The van der Waals surface area contributed by atoms with E-state index in [2.05, 4.69) is 45.0 Å². The first-order valence-electron chi connectivity index (χ1n) is 6.02. The molecule has 0 radical (unpaired) electrons. The van der Waals surface area contributed by atoms with E-state index in [-0.39, 0.29) is 5.41 Å². The third-order valence-corrected chi connectivity index (χ3v) is 3.77. The average Bonchev–Trinajstić information content (AvgIpc) is 2.28. The third-order valence-electron chi connectivity index (χ3n) is 2.77. The summed E-state index contributed by atoms with van der Waals surface area (Å²) in [6.07, 6.45) is 0. The van der Waals surface area contributed by atoms with Gasteiger partial charge < -0.3 is 5.11 Å². The molecule has 0 bridgehead atoms. The van der Waals surface area contributed by atoms with Crippen molar-refractivity contribution in [3.63, 3.8) is 0 Å². The van der Waals surface area contributed by atoms with Crippen molar-refractivity contribution >= 4 is 11.8 Å². The van der Waals surface area contributed by atoms with Crippen LogP contribution >= 0.6 is 11.8 Å². The summed E-state index contributed by atoms with van der Waals surface area (Å²) in [5.41, 5.74) is 1.52. The number of phenolic OH excluding ortho intramolecular Hbond substituents is 1. The summed E-state index contributed by atoms with van der Waals surface area (Å²) in [6, 6.07) is 15.9. The molecule has 2 rings (SSSR count). The van der Waals surface area contributed by atoms with Gasteiger partial charge in [-0.25, -0.2) is 0 Å². The predicted octanol–water partition coefficient (Wildman–Crippen LogP) is 4.84. The number of phenols is 1. The summed E-state index contributed by atoms with van der Waals surface area (Å²) < 4.78 is 0. The van der Waals surface area contributed by atoms with Crippen LogP contribution in [0.1, 0.15) is 26.3 Å². The highest BCUT2D eigenvalue weighted by molar-refractivity contribution is 7.99. The fourth-order valence-electron chi connectivity index (χ4n) is 1.71. The Morgan fingerprint density at radius 3 is 2.11 bits per heavy atom. The second-order valence-corrected chi connectivity index (χ2v) is 6.52. The van der Waals surface area contributed by atoms with Gasteiger partial charge in [-0.3, -0.25) is 0 Å². The number of aromatic hydroxyl groups is 1. The number of hydrogen-bond acceptors (Lipinski definition) is 2. The Morgan fingerprint density at radius 2 is 1.56 bits per heavy atom. The van der Waals surface area contributed by atoms with Crippen LogP contribution in [0.5, 0.6) is 5.75 Å². The maximum atomic E-state index is 9.43. The van der Waals surface area contributed by atoms with Crippen molar-refractivity contribution < 1.29 is 5.11 Å². The summed E-state index contributed by atoms with van der Waals surface area (Å²) >= 11 is 1.66. The van der Waals surface area contributed by atoms with Crippen LogP contribution in [0.15, 0.2) is 58.3 Å². The van der Waals surface area contributed by atoms with E-state index >= 15 is 0 Å². The molecule has 0 spiro atoms. The molecule has 1 nitrogen and oxygen atoms in total. The zero-order valence-electron chi connectivity index (χ0n) is 11.0. The minimum absolute atomic E-state index is 0.189. The van der Waals surface area contributed by atoms with Gasteiger partial charge >= 0.3 is 0 Å². The maximum Gasteiger partial charge on any atom is 0.116 e. The molecular formula is C16H18OS. The van der Waals surface area contributed by atoms with Crippen LogP contribution in [0.4, 0.5) is 0 Å². The molecule has 0 heterocycles. The monoisotopic (exact) mass is 258 g/mol. The fraction of sp³-hybridized carbons (Fsp3) is 0.250. The molecule has 94 valence electrons. The van der Waals surface area contributed by atoms with Crippen LogP contribution < -0.4 is 0 Å². The lowest BCUT2D eigenvalue weighted by Crippen LogP contribution is -2.10. The zero-order valence-corrected chi connectivity index (χ0v) is 11.8. The Balaban J connectivity index is 2.16. The van der Waals surface area contributed by atoms with Gasteiger partial charge in [0.1, 0.15) is 5.75 Å². The average molecular weight is 258 g/mol. The lowest BCUT2D eigenvalue weighted by molar-refractivity contribution is 0.474. The highest BCUT2D eigenvalue weighted by Crippen LogP contribution is 2.31. The Morgan fingerprint density at radius 1 is 0.889 bits per heavy atom. The first-order chi connectivity index (χ1) is 8.45. The van der Waals surface area contributed by atoms with E-state index in [9.17, 15) is 5.11 Å². The molecule has 0 aliphatic rings. The van der Waals surface area contributed by atoms with Gasteiger partial charge in [-0.1, -0.05) is 50.7 Å². The summed E-state index contributed by atoms with van der Waals surface area (Å²) in [5, 5.41) is 9.43. The van der Waals surface area contributed by atoms with Crippen molar-refractivity contribution in [2.24, 2.45) is 0 Å². The van der Waals surface area contributed by atoms with Crippen molar-refractivity contribution in [1.82, 2.24) is 0 Å². The van der Waals surface area contributed by atoms with Crippen molar-refractivity contribution in [1.29, 1.82) is 0 Å². The molecule has 1 N–H and O–H groups in total. The smallest absolute Gasteiger partial charge is 0.116 e. The van der Waals surface area contributed by atoms with Gasteiger partial charge in [0.2, 0.25) is 0 Å². The first kappa shape index (κ1) is 13.0. The molecule has 0 aromatic heterocycles. The van der Waals surface area contributed by atoms with Gasteiger partial charge in [0, 0.05) is 9.79 Å². The highest BCUT2D eigenvalue weighted by Gasteiger charge is 2.12. The van der Waals surface area contributed by atoms with Crippen LogP contribution in [0.3, 0.4) is 0 Å². The first-order valence-corrected chi connectivity index (χ1v) is 6.84. The molecule has 0 amide bonds. The normalized spacial score (nSPS) is 11.5. The minimum Gasteiger partial charge on any atom is -0.508 e. The summed E-state index contributed by atoms with van der Waals surface area (Å²) in [5.74, 6) is 0.311. The van der Waals surface area contributed by atoms with Crippen LogP contribution in [0.2, 0.25) is 0 Å². The van der Waals surface area contributed by atoms with Gasteiger partial charge in [-0.05, 0) is 41.3 Å². The van der Waals surface area contributed by atoms with E-state index in [1.165, 1.54) is 10.5 Å². The Bertz CT molecular complexity index is 524. The van der Waals surface area contributed by atoms with Crippen molar-refractivity contribution in [2.75, 3.05) is 0 Å². The highest BCUT2D eigenvalue weighted by atomic mass is 32.2. The Labute approximate surface area is 113 Å². The number of benzene rings is 2. The molecule has 2 aromatic carbocycles. The van der Waals surface area contributed by atoms with E-state index in [1.54, 1.807) is 23.9 Å². The quantitative estimate of drug-likeness (QED) is 0.831. The topological polar surface area (TPSA) is 20.2 Å². The fourth-order valence-corrected chi connectivity index (χ4v) is 2.58. The molecule has 2 aromatic rings. The maximum absolute atomic E-state index is 9.43. The second-order valence-electron chi connectivity index (χ2n) is 5.37. The molecule has 0 saturated carbocycles. The van der Waals surface area contributed by atoms with E-state index < -0.39 is 0 Å². The van der Waals surface area contributed by atoms with E-state index in [0.717, 1.165) is 4.90 Å². The number of hydrogen-bond donors (Lipinski definition) is 1. The van der Waals surface area contributed by atoms with Crippen LogP contribution in [0, 0.1) is 0 Å². The van der Waals surface area contributed by atoms with Crippen molar-refractivity contribution in [3.8, 4) is 5.75 Å². The molecule has 0 saturated heterocycles.